The normalized spacial score (nSPS) is 14.5. The molecule has 2 atom stereocenters. The Hall–Kier alpha value is -0.160. The van der Waals surface area contributed by atoms with Crippen molar-refractivity contribution in [3.63, 3.8) is 0 Å². The van der Waals surface area contributed by atoms with Crippen LogP contribution in [-0.4, -0.2) is 12.3 Å². The molecule has 0 aromatic rings. The van der Waals surface area contributed by atoms with E-state index in [0.717, 1.165) is 31.6 Å². The molecule has 0 N–H and O–H groups in total. The van der Waals surface area contributed by atoms with Gasteiger partial charge in [-0.25, -0.2) is 0 Å². The van der Waals surface area contributed by atoms with E-state index in [9.17, 15) is 4.57 Å². The fourth-order valence-corrected chi connectivity index (χ4v) is 2.96. The quantitative estimate of drug-likeness (QED) is 0.309. The average molecular weight is 229 g/mol. The molecule has 2 unspecified atom stereocenters. The van der Waals surface area contributed by atoms with Crippen molar-refractivity contribution in [3.05, 3.63) is 12.2 Å². The lowest BCUT2D eigenvalue weighted by Crippen LogP contribution is -1.93. The molecule has 0 bridgehead atoms. The molecule has 0 saturated heterocycles. The van der Waals surface area contributed by atoms with Gasteiger partial charge in [-0.15, -0.1) is 0 Å². The molecule has 0 saturated carbocycles. The Labute approximate surface area is 96.1 Å². The minimum atomic E-state index is -0.924. The molecule has 2 heteroatoms. The van der Waals surface area contributed by atoms with Gasteiger partial charge in [0, 0.05) is 0 Å². The van der Waals surface area contributed by atoms with Crippen LogP contribution in [0.3, 0.4) is 0 Å². The summed E-state index contributed by atoms with van der Waals surface area (Å²) in [6.45, 7) is 6.54. The third-order valence-electron chi connectivity index (χ3n) is 2.55. The minimum Gasteiger partial charge on any atom is -0.0885 e. The summed E-state index contributed by atoms with van der Waals surface area (Å²) in [6.07, 6.45) is 12.1. The molecular formula is C13H26OP+. The van der Waals surface area contributed by atoms with Crippen molar-refractivity contribution in [2.75, 3.05) is 12.3 Å². The van der Waals surface area contributed by atoms with Gasteiger partial charge >= 0.3 is 7.80 Å². The molecule has 0 aliphatic carbocycles. The van der Waals surface area contributed by atoms with Crippen LogP contribution in [0.2, 0.25) is 0 Å². The molecule has 0 fully saturated rings. The number of rotatable bonds is 9. The van der Waals surface area contributed by atoms with E-state index in [0.29, 0.717) is 5.92 Å². The summed E-state index contributed by atoms with van der Waals surface area (Å²) in [4.78, 5) is 0. The van der Waals surface area contributed by atoms with Gasteiger partial charge in [-0.1, -0.05) is 43.9 Å². The summed E-state index contributed by atoms with van der Waals surface area (Å²) in [7, 11) is -0.924. The number of hydrogen-bond acceptors (Lipinski definition) is 1. The van der Waals surface area contributed by atoms with E-state index in [1.807, 2.05) is 0 Å². The average Bonchev–Trinajstić information content (AvgIpc) is 2.24. The fourth-order valence-electron chi connectivity index (χ4n) is 1.46. The Morgan fingerprint density at radius 3 is 2.53 bits per heavy atom. The highest BCUT2D eigenvalue weighted by molar-refractivity contribution is 7.44. The largest absolute Gasteiger partial charge is 0.338 e. The summed E-state index contributed by atoms with van der Waals surface area (Å²) in [6, 6.07) is 0. The van der Waals surface area contributed by atoms with Gasteiger partial charge in [-0.3, -0.25) is 0 Å². The van der Waals surface area contributed by atoms with Gasteiger partial charge in [0.15, 0.2) is 0 Å². The monoisotopic (exact) mass is 229 g/mol. The van der Waals surface area contributed by atoms with E-state index in [1.165, 1.54) is 12.8 Å². The van der Waals surface area contributed by atoms with Crippen LogP contribution >= 0.6 is 7.80 Å². The first-order valence-corrected chi connectivity index (χ1v) is 7.92. The van der Waals surface area contributed by atoms with Crippen LogP contribution < -0.4 is 0 Å². The van der Waals surface area contributed by atoms with E-state index in [1.54, 1.807) is 0 Å². The van der Waals surface area contributed by atoms with E-state index >= 15 is 0 Å². The smallest absolute Gasteiger partial charge is 0.0885 e. The predicted molar refractivity (Wildman–Crippen MR) is 70.1 cm³/mol. The van der Waals surface area contributed by atoms with E-state index < -0.39 is 7.80 Å². The van der Waals surface area contributed by atoms with Crippen LogP contribution in [0.25, 0.3) is 0 Å². The molecule has 0 spiro atoms. The van der Waals surface area contributed by atoms with Gasteiger partial charge in [0.05, 0.1) is 0 Å². The Bertz CT molecular complexity index is 187. The molecule has 0 aliphatic heterocycles. The fraction of sp³-hybridized carbons (Fsp3) is 0.846. The zero-order valence-corrected chi connectivity index (χ0v) is 11.4. The third-order valence-corrected chi connectivity index (χ3v) is 4.12. The predicted octanol–water partition coefficient (Wildman–Crippen LogP) is 5.00. The first-order valence-electron chi connectivity index (χ1n) is 6.29. The summed E-state index contributed by atoms with van der Waals surface area (Å²) in [5.74, 6) is 0.593. The maximum atomic E-state index is 11.6. The molecule has 0 amide bonds. The standard InChI is InChI=1S/C13H26OP/c1-4-6-8-11-15(14)12-10-13(3)9-7-5-2/h7,9,13H,4-6,8,10-12H2,1-3H3/q+1. The van der Waals surface area contributed by atoms with E-state index in [-0.39, 0.29) is 0 Å². The minimum absolute atomic E-state index is 0.593. The molecule has 0 aromatic carbocycles. The Kier molecular flexibility index (Phi) is 10.3. The molecule has 0 aromatic heterocycles. The van der Waals surface area contributed by atoms with E-state index in [2.05, 4.69) is 32.9 Å². The van der Waals surface area contributed by atoms with Crippen LogP contribution in [0.4, 0.5) is 0 Å². The SMILES string of the molecule is CCC=CC(C)CC[P+](=O)CCCCC. The highest BCUT2D eigenvalue weighted by Gasteiger charge is 2.14. The van der Waals surface area contributed by atoms with Gasteiger partial charge in [-0.05, 0) is 31.6 Å². The molecule has 0 rings (SSSR count). The van der Waals surface area contributed by atoms with Crippen molar-refractivity contribution >= 4 is 7.80 Å². The van der Waals surface area contributed by atoms with Gasteiger partial charge < -0.3 is 0 Å². The van der Waals surface area contributed by atoms with Crippen LogP contribution in [0.15, 0.2) is 12.2 Å². The zero-order chi connectivity index (χ0) is 11.5. The topological polar surface area (TPSA) is 17.1 Å². The first-order chi connectivity index (χ1) is 7.20. The lowest BCUT2D eigenvalue weighted by molar-refractivity contribution is 0.578. The summed E-state index contributed by atoms with van der Waals surface area (Å²) < 4.78 is 11.6. The van der Waals surface area contributed by atoms with Crippen LogP contribution in [0, 0.1) is 5.92 Å². The lowest BCUT2D eigenvalue weighted by atomic mass is 10.1. The van der Waals surface area contributed by atoms with Crippen molar-refractivity contribution < 1.29 is 4.57 Å². The van der Waals surface area contributed by atoms with Gasteiger partial charge in [0.1, 0.15) is 12.3 Å². The second-order valence-electron chi connectivity index (χ2n) is 4.24. The maximum Gasteiger partial charge on any atom is 0.338 e. The van der Waals surface area contributed by atoms with Crippen LogP contribution in [-0.2, 0) is 4.57 Å². The highest BCUT2D eigenvalue weighted by Crippen LogP contribution is 2.25. The maximum absolute atomic E-state index is 11.6. The molecule has 0 aliphatic rings. The first kappa shape index (κ1) is 14.8. The Morgan fingerprint density at radius 1 is 1.20 bits per heavy atom. The van der Waals surface area contributed by atoms with Crippen molar-refractivity contribution in [1.29, 1.82) is 0 Å². The van der Waals surface area contributed by atoms with E-state index in [4.69, 9.17) is 0 Å². The number of unbranched alkanes of at least 4 members (excludes halogenated alkanes) is 2. The van der Waals surface area contributed by atoms with Crippen LogP contribution in [0.1, 0.15) is 52.9 Å². The second kappa shape index (κ2) is 10.4. The highest BCUT2D eigenvalue weighted by atomic mass is 31.1. The summed E-state index contributed by atoms with van der Waals surface area (Å²) in [5, 5.41) is 0. The molecular weight excluding hydrogens is 203 g/mol. The van der Waals surface area contributed by atoms with Gasteiger partial charge in [-0.2, -0.15) is 0 Å². The number of allylic oxidation sites excluding steroid dienone is 2. The van der Waals surface area contributed by atoms with Crippen molar-refractivity contribution in [1.82, 2.24) is 0 Å². The van der Waals surface area contributed by atoms with Crippen molar-refractivity contribution in [2.45, 2.75) is 52.9 Å². The molecule has 0 heterocycles. The van der Waals surface area contributed by atoms with Crippen molar-refractivity contribution in [2.24, 2.45) is 5.92 Å². The Balaban J connectivity index is 3.48. The molecule has 15 heavy (non-hydrogen) atoms. The van der Waals surface area contributed by atoms with Gasteiger partial charge in [0.25, 0.3) is 0 Å². The lowest BCUT2D eigenvalue weighted by Gasteiger charge is -1.99. The van der Waals surface area contributed by atoms with Gasteiger partial charge in [0.2, 0.25) is 0 Å². The van der Waals surface area contributed by atoms with Crippen molar-refractivity contribution in [3.8, 4) is 0 Å². The molecule has 88 valence electrons. The third kappa shape index (κ3) is 10.1. The second-order valence-corrected chi connectivity index (χ2v) is 6.10. The number of hydrogen-bond donors (Lipinski definition) is 0. The summed E-state index contributed by atoms with van der Waals surface area (Å²) in [5.41, 5.74) is 0. The molecule has 0 radical (unpaired) electrons. The van der Waals surface area contributed by atoms with Crippen LogP contribution in [0.5, 0.6) is 0 Å². The Morgan fingerprint density at radius 2 is 1.93 bits per heavy atom. The molecule has 1 nitrogen and oxygen atoms in total. The summed E-state index contributed by atoms with van der Waals surface area (Å²) >= 11 is 0. The zero-order valence-electron chi connectivity index (χ0n) is 10.5.